The van der Waals surface area contributed by atoms with Crippen LogP contribution in [0.4, 0.5) is 5.13 Å². The third-order valence-corrected chi connectivity index (χ3v) is 6.94. The smallest absolute Gasteiger partial charge is 0.295 e. The maximum absolute atomic E-state index is 13.6. The van der Waals surface area contributed by atoms with Crippen LogP contribution in [0.5, 0.6) is 5.75 Å². The van der Waals surface area contributed by atoms with Gasteiger partial charge in [-0.1, -0.05) is 29.5 Å². The number of carbonyl (C=O) groups excluding carboxylic acids is 1. The van der Waals surface area contributed by atoms with Crippen molar-refractivity contribution in [1.82, 2.24) is 4.98 Å². The fourth-order valence-corrected chi connectivity index (χ4v) is 5.04. The quantitative estimate of drug-likeness (QED) is 0.414. The number of fused-ring (bicyclic) bond motifs is 2. The Kier molecular flexibility index (Phi) is 5.16. The van der Waals surface area contributed by atoms with Crippen molar-refractivity contribution >= 4 is 43.6 Å². The number of benzene rings is 2. The molecule has 31 heavy (non-hydrogen) atoms. The van der Waals surface area contributed by atoms with Gasteiger partial charge in [-0.15, -0.1) is 0 Å². The zero-order chi connectivity index (χ0) is 21.5. The molecule has 0 radical (unpaired) electrons. The summed E-state index contributed by atoms with van der Waals surface area (Å²) in [6.45, 7) is 5.32. The number of anilines is 1. The lowest BCUT2D eigenvalue weighted by Gasteiger charge is -2.22. The SMILES string of the molecule is COc1cccc2cc(C(=O)N(CC3CCCO3)c3nc4c(C)c(C)ccc4s3)oc12. The Labute approximate surface area is 184 Å². The number of hydrogen-bond donors (Lipinski definition) is 0. The minimum Gasteiger partial charge on any atom is -0.493 e. The van der Waals surface area contributed by atoms with Gasteiger partial charge in [-0.05, 0) is 56.0 Å². The molecule has 2 aromatic heterocycles. The van der Waals surface area contributed by atoms with Crippen LogP contribution in [0.1, 0.15) is 34.5 Å². The third kappa shape index (κ3) is 3.58. The number of thiazole rings is 1. The molecule has 1 unspecified atom stereocenters. The molecule has 0 bridgehead atoms. The lowest BCUT2D eigenvalue weighted by molar-refractivity contribution is 0.0896. The van der Waals surface area contributed by atoms with Gasteiger partial charge >= 0.3 is 0 Å². The van der Waals surface area contributed by atoms with E-state index >= 15 is 0 Å². The molecule has 1 aliphatic rings. The molecule has 1 aliphatic heterocycles. The first kappa shape index (κ1) is 20.0. The van der Waals surface area contributed by atoms with E-state index in [-0.39, 0.29) is 17.8 Å². The Morgan fingerprint density at radius 3 is 2.94 bits per heavy atom. The highest BCUT2D eigenvalue weighted by Crippen LogP contribution is 2.35. The maximum atomic E-state index is 13.6. The molecule has 1 amide bonds. The first-order valence-corrected chi connectivity index (χ1v) is 11.2. The number of aryl methyl sites for hydroxylation is 2. The molecule has 4 aromatic rings. The second-order valence-corrected chi connectivity index (χ2v) is 8.90. The van der Waals surface area contributed by atoms with E-state index < -0.39 is 0 Å². The highest BCUT2D eigenvalue weighted by molar-refractivity contribution is 7.22. The first-order valence-electron chi connectivity index (χ1n) is 10.4. The molecular weight excluding hydrogens is 412 g/mol. The monoisotopic (exact) mass is 436 g/mol. The number of amides is 1. The Balaban J connectivity index is 1.57. The number of nitrogens with zero attached hydrogens (tertiary/aromatic N) is 2. The number of aromatic nitrogens is 1. The number of hydrogen-bond acceptors (Lipinski definition) is 6. The van der Waals surface area contributed by atoms with E-state index in [2.05, 4.69) is 26.0 Å². The maximum Gasteiger partial charge on any atom is 0.295 e. The highest BCUT2D eigenvalue weighted by atomic mass is 32.1. The fraction of sp³-hybridized carbons (Fsp3) is 0.333. The van der Waals surface area contributed by atoms with Crippen molar-refractivity contribution in [2.45, 2.75) is 32.8 Å². The predicted octanol–water partition coefficient (Wildman–Crippen LogP) is 5.49. The van der Waals surface area contributed by atoms with Crippen LogP contribution in [0, 0.1) is 13.8 Å². The van der Waals surface area contributed by atoms with Gasteiger partial charge in [0.1, 0.15) is 0 Å². The number of furan rings is 1. The Hall–Kier alpha value is -2.90. The second-order valence-electron chi connectivity index (χ2n) is 7.89. The van der Waals surface area contributed by atoms with E-state index in [0.29, 0.717) is 23.0 Å². The van der Waals surface area contributed by atoms with Gasteiger partial charge in [0.25, 0.3) is 5.91 Å². The van der Waals surface area contributed by atoms with Gasteiger partial charge < -0.3 is 13.9 Å². The summed E-state index contributed by atoms with van der Waals surface area (Å²) in [5.74, 6) is 0.653. The summed E-state index contributed by atoms with van der Waals surface area (Å²) < 4.78 is 18.2. The summed E-state index contributed by atoms with van der Waals surface area (Å²) >= 11 is 1.52. The zero-order valence-electron chi connectivity index (χ0n) is 17.8. The fourth-order valence-electron chi connectivity index (χ4n) is 4.01. The van der Waals surface area contributed by atoms with Crippen molar-refractivity contribution in [2.24, 2.45) is 0 Å². The molecule has 0 spiro atoms. The van der Waals surface area contributed by atoms with Crippen LogP contribution < -0.4 is 9.64 Å². The zero-order valence-corrected chi connectivity index (χ0v) is 18.6. The van der Waals surface area contributed by atoms with Gasteiger partial charge in [0, 0.05) is 12.0 Å². The summed E-state index contributed by atoms with van der Waals surface area (Å²) in [5, 5.41) is 1.49. The minimum absolute atomic E-state index is 0.00212. The van der Waals surface area contributed by atoms with Crippen LogP contribution in [-0.2, 0) is 4.74 Å². The largest absolute Gasteiger partial charge is 0.493 e. The number of rotatable bonds is 5. The van der Waals surface area contributed by atoms with Crippen LogP contribution in [0.2, 0.25) is 0 Å². The molecule has 6 nitrogen and oxygen atoms in total. The second kappa shape index (κ2) is 7.98. The Morgan fingerprint density at radius 1 is 1.29 bits per heavy atom. The van der Waals surface area contributed by atoms with Crippen LogP contribution in [-0.4, -0.2) is 37.3 Å². The molecular formula is C24H24N2O4S. The van der Waals surface area contributed by atoms with E-state index in [1.807, 2.05) is 18.2 Å². The van der Waals surface area contributed by atoms with Crippen molar-refractivity contribution in [2.75, 3.05) is 25.2 Å². The average molecular weight is 437 g/mol. The van der Waals surface area contributed by atoms with Crippen LogP contribution in [0.3, 0.4) is 0 Å². The molecule has 0 saturated carbocycles. The Morgan fingerprint density at radius 2 is 2.16 bits per heavy atom. The normalized spacial score (nSPS) is 16.3. The van der Waals surface area contributed by atoms with Crippen LogP contribution >= 0.6 is 11.3 Å². The van der Waals surface area contributed by atoms with E-state index in [1.54, 1.807) is 18.1 Å². The molecule has 160 valence electrons. The van der Waals surface area contributed by atoms with E-state index in [9.17, 15) is 4.79 Å². The molecule has 1 atom stereocenters. The highest BCUT2D eigenvalue weighted by Gasteiger charge is 2.29. The third-order valence-electron chi connectivity index (χ3n) is 5.90. The van der Waals surface area contributed by atoms with Gasteiger partial charge in [0.15, 0.2) is 22.2 Å². The standard InChI is InChI=1S/C24H24N2O4S/c1-14-9-10-20-21(15(14)2)25-24(31-20)26(13-17-7-5-11-29-17)23(27)19-12-16-6-4-8-18(28-3)22(16)30-19/h4,6,8-10,12,17H,5,7,11,13H2,1-3H3. The van der Waals surface area contributed by atoms with Crippen molar-refractivity contribution in [1.29, 1.82) is 0 Å². The molecule has 2 aromatic carbocycles. The van der Waals surface area contributed by atoms with Crippen molar-refractivity contribution < 1.29 is 18.7 Å². The van der Waals surface area contributed by atoms with Gasteiger partial charge in [-0.3, -0.25) is 9.69 Å². The molecule has 7 heteroatoms. The number of methoxy groups -OCH3 is 1. The predicted molar refractivity (Wildman–Crippen MR) is 123 cm³/mol. The molecule has 1 fully saturated rings. The lowest BCUT2D eigenvalue weighted by Crippen LogP contribution is -2.37. The summed E-state index contributed by atoms with van der Waals surface area (Å²) in [6.07, 6.45) is 1.94. The van der Waals surface area contributed by atoms with Gasteiger partial charge in [-0.25, -0.2) is 4.98 Å². The van der Waals surface area contributed by atoms with Crippen LogP contribution in [0.15, 0.2) is 40.8 Å². The molecule has 1 saturated heterocycles. The molecule has 0 aliphatic carbocycles. The lowest BCUT2D eigenvalue weighted by atomic mass is 10.1. The molecule has 0 N–H and O–H groups in total. The summed E-state index contributed by atoms with van der Waals surface area (Å²) in [7, 11) is 1.59. The van der Waals surface area contributed by atoms with E-state index in [0.717, 1.165) is 40.6 Å². The van der Waals surface area contributed by atoms with Crippen molar-refractivity contribution in [3.63, 3.8) is 0 Å². The molecule has 3 heterocycles. The summed E-state index contributed by atoms with van der Waals surface area (Å²) in [6, 6.07) is 11.5. The van der Waals surface area contributed by atoms with Gasteiger partial charge in [-0.2, -0.15) is 0 Å². The van der Waals surface area contributed by atoms with Crippen molar-refractivity contribution in [3.8, 4) is 5.75 Å². The van der Waals surface area contributed by atoms with Crippen molar-refractivity contribution in [3.05, 3.63) is 53.3 Å². The number of ether oxygens (including phenoxy) is 2. The van der Waals surface area contributed by atoms with Gasteiger partial charge in [0.2, 0.25) is 0 Å². The first-order chi connectivity index (χ1) is 15.0. The number of para-hydroxylation sites is 1. The number of carbonyl (C=O) groups is 1. The Bertz CT molecular complexity index is 1270. The van der Waals surface area contributed by atoms with E-state index in [1.165, 1.54) is 16.9 Å². The molecule has 5 rings (SSSR count). The summed E-state index contributed by atoms with van der Waals surface area (Å²) in [5.41, 5.74) is 3.83. The summed E-state index contributed by atoms with van der Waals surface area (Å²) in [4.78, 5) is 20.2. The van der Waals surface area contributed by atoms with E-state index in [4.69, 9.17) is 18.9 Å². The minimum atomic E-state index is -0.220. The average Bonchev–Trinajstić information content (AvgIpc) is 3.53. The van der Waals surface area contributed by atoms with Gasteiger partial charge in [0.05, 0.1) is 30.0 Å². The topological polar surface area (TPSA) is 64.8 Å². The van der Waals surface area contributed by atoms with Crippen LogP contribution in [0.25, 0.3) is 21.2 Å².